The molecule has 312 valence electrons. The summed E-state index contributed by atoms with van der Waals surface area (Å²) < 4.78 is 51.3. The van der Waals surface area contributed by atoms with E-state index < -0.39 is 160 Å². The second kappa shape index (κ2) is 18.2. The van der Waals surface area contributed by atoms with Gasteiger partial charge in [0.05, 0.1) is 37.6 Å². The Morgan fingerprint density at radius 2 is 0.774 bits per heavy atom. The summed E-state index contributed by atoms with van der Waals surface area (Å²) in [7, 11) is 0. The molecule has 21 heteroatoms. The highest BCUT2D eigenvalue weighted by Gasteiger charge is 2.55. The van der Waals surface area contributed by atoms with E-state index in [4.69, 9.17) is 42.6 Å². The molecule has 4 fully saturated rings. The second-order valence-electron chi connectivity index (χ2n) is 15.6. The predicted molar refractivity (Wildman–Crippen MR) is 171 cm³/mol. The van der Waals surface area contributed by atoms with Crippen molar-refractivity contribution in [1.29, 1.82) is 0 Å². The molecular formula is C32H58O21. The van der Waals surface area contributed by atoms with Gasteiger partial charge >= 0.3 is 0 Å². The van der Waals surface area contributed by atoms with Crippen LogP contribution in [-0.4, -0.2) is 222 Å². The molecule has 8 unspecified atom stereocenters. The third-order valence-corrected chi connectivity index (χ3v) is 9.10. The zero-order valence-electron chi connectivity index (χ0n) is 30.4. The second-order valence-corrected chi connectivity index (χ2v) is 15.6. The Balaban J connectivity index is 1.55. The van der Waals surface area contributed by atoms with Gasteiger partial charge in [-0.3, -0.25) is 0 Å². The van der Waals surface area contributed by atoms with Crippen LogP contribution >= 0.6 is 0 Å². The van der Waals surface area contributed by atoms with Crippen LogP contribution in [0.4, 0.5) is 0 Å². The Labute approximate surface area is 306 Å². The summed E-state index contributed by atoms with van der Waals surface area (Å²) in [6.45, 7) is 7.01. The zero-order valence-corrected chi connectivity index (χ0v) is 30.4. The Kier molecular flexibility index (Phi) is 15.4. The number of hydrogen-bond donors (Lipinski definition) is 12. The Morgan fingerprint density at radius 1 is 0.396 bits per heavy atom. The normalized spacial score (nSPS) is 47.4. The minimum atomic E-state index is -1.97. The van der Waals surface area contributed by atoms with Crippen molar-refractivity contribution in [3.05, 3.63) is 0 Å². The molecule has 0 spiro atoms. The van der Waals surface area contributed by atoms with Crippen LogP contribution in [0.1, 0.15) is 41.5 Å². The monoisotopic (exact) mass is 778 g/mol. The lowest BCUT2D eigenvalue weighted by Crippen LogP contribution is -2.67. The van der Waals surface area contributed by atoms with Gasteiger partial charge in [0.2, 0.25) is 0 Å². The van der Waals surface area contributed by atoms with Crippen molar-refractivity contribution in [1.82, 2.24) is 0 Å². The molecule has 4 aliphatic heterocycles. The lowest BCUT2D eigenvalue weighted by molar-refractivity contribution is -0.388. The Bertz CT molecular complexity index is 1120. The number of rotatable bonds is 12. The smallest absolute Gasteiger partial charge is 0.187 e. The zero-order chi connectivity index (χ0) is 39.7. The first-order chi connectivity index (χ1) is 24.6. The topological polar surface area (TPSA) is 326 Å². The molecule has 12 N–H and O–H groups in total. The SMILES string of the molecule is CC(C)(C)O[C@@H]1OC(CO[C@@H]2OC(CO)[C@@H](O)[C@H](O)C2O)[C@@H](O)[C@H](O[C@@H]2OC(CO)[C@@H](O)[C@H](O[C@@H]3OC(CO)[C@@H](O)[C@H](OC(C)(C)C)C3O)C2O)C1O. The van der Waals surface area contributed by atoms with Crippen molar-refractivity contribution in [2.24, 2.45) is 0 Å². The van der Waals surface area contributed by atoms with E-state index in [1.165, 1.54) is 0 Å². The van der Waals surface area contributed by atoms with Gasteiger partial charge in [0.1, 0.15) is 97.7 Å². The minimum Gasteiger partial charge on any atom is -0.394 e. The van der Waals surface area contributed by atoms with Gasteiger partial charge < -0.3 is 104 Å². The maximum Gasteiger partial charge on any atom is 0.187 e. The van der Waals surface area contributed by atoms with Crippen LogP contribution < -0.4 is 0 Å². The van der Waals surface area contributed by atoms with Crippen LogP contribution in [0, 0.1) is 0 Å². The molecule has 0 amide bonds. The Hall–Kier alpha value is -0.840. The molecule has 21 nitrogen and oxygen atoms in total. The average Bonchev–Trinajstić information content (AvgIpc) is 3.08. The van der Waals surface area contributed by atoms with Gasteiger partial charge in [0.25, 0.3) is 0 Å². The molecule has 0 aromatic rings. The molecule has 0 aliphatic carbocycles. The third kappa shape index (κ3) is 10.6. The first kappa shape index (κ1) is 44.9. The highest BCUT2D eigenvalue weighted by atomic mass is 16.8. The number of ether oxygens (including phenoxy) is 9. The molecular weight excluding hydrogens is 720 g/mol. The maximum absolute atomic E-state index is 11.4. The molecule has 4 aliphatic rings. The lowest BCUT2D eigenvalue weighted by Gasteiger charge is -2.49. The summed E-state index contributed by atoms with van der Waals surface area (Å²) in [4.78, 5) is 0. The molecule has 4 rings (SSSR count). The van der Waals surface area contributed by atoms with Crippen molar-refractivity contribution in [2.45, 2.75) is 176 Å². The maximum atomic E-state index is 11.4. The molecule has 0 aromatic heterocycles. The van der Waals surface area contributed by atoms with Gasteiger partial charge in [0, 0.05) is 0 Å². The van der Waals surface area contributed by atoms with Crippen molar-refractivity contribution in [3.63, 3.8) is 0 Å². The van der Waals surface area contributed by atoms with Gasteiger partial charge in [-0.05, 0) is 41.5 Å². The van der Waals surface area contributed by atoms with Crippen LogP contribution in [0.5, 0.6) is 0 Å². The summed E-state index contributed by atoms with van der Waals surface area (Å²) in [5.74, 6) is 0. The van der Waals surface area contributed by atoms with Gasteiger partial charge in [-0.2, -0.15) is 0 Å². The van der Waals surface area contributed by atoms with Crippen molar-refractivity contribution < 1.29 is 104 Å². The van der Waals surface area contributed by atoms with E-state index in [-0.39, 0.29) is 0 Å². The molecule has 20 atom stereocenters. The van der Waals surface area contributed by atoms with E-state index >= 15 is 0 Å². The van der Waals surface area contributed by atoms with Gasteiger partial charge in [-0.25, -0.2) is 0 Å². The fourth-order valence-electron chi connectivity index (χ4n) is 6.39. The summed E-state index contributed by atoms with van der Waals surface area (Å²) in [6, 6.07) is 0. The van der Waals surface area contributed by atoms with Gasteiger partial charge in [-0.1, -0.05) is 0 Å². The molecule has 0 bridgehead atoms. The van der Waals surface area contributed by atoms with Gasteiger partial charge in [-0.15, -0.1) is 0 Å². The van der Waals surface area contributed by atoms with Crippen LogP contribution in [-0.2, 0) is 42.6 Å². The molecule has 4 saturated heterocycles. The van der Waals surface area contributed by atoms with E-state index in [0.29, 0.717) is 0 Å². The number of hydrogen-bond acceptors (Lipinski definition) is 21. The standard InChI is InChI=1S/C32H58O21/c1-31(2,3)52-26-17(38)13(9-35)48-29(23(26)44)50-24-16(37)12(8-34)47-28(21(24)42)51-25-18(39)14(49-30(22(25)43)53-32(4,5)6)10-45-27-20(41)19(40)15(36)11(7-33)46-27/h11-30,33-44H,7-10H2,1-6H3/t11?,12?,13?,14?,15-,16-,17-,18-,19+,20?,21?,22?,23?,24+,25+,26+,27-,28+,29+,30+/m1/s1. The van der Waals surface area contributed by atoms with Crippen molar-refractivity contribution in [3.8, 4) is 0 Å². The lowest BCUT2D eigenvalue weighted by atomic mass is 9.95. The van der Waals surface area contributed by atoms with Crippen molar-refractivity contribution >= 4 is 0 Å². The van der Waals surface area contributed by atoms with Gasteiger partial charge in [0.15, 0.2) is 25.2 Å². The summed E-state index contributed by atoms with van der Waals surface area (Å²) in [6.07, 6.45) is -32.9. The number of aliphatic hydroxyl groups is 12. The van der Waals surface area contributed by atoms with Crippen LogP contribution in [0.3, 0.4) is 0 Å². The molecule has 53 heavy (non-hydrogen) atoms. The first-order valence-corrected chi connectivity index (χ1v) is 17.5. The van der Waals surface area contributed by atoms with E-state index in [0.717, 1.165) is 0 Å². The van der Waals surface area contributed by atoms with E-state index in [1.54, 1.807) is 41.5 Å². The highest BCUT2D eigenvalue weighted by molar-refractivity contribution is 4.98. The van der Waals surface area contributed by atoms with E-state index in [2.05, 4.69) is 0 Å². The quantitative estimate of drug-likeness (QED) is 0.0877. The van der Waals surface area contributed by atoms with E-state index in [1.807, 2.05) is 0 Å². The van der Waals surface area contributed by atoms with E-state index in [9.17, 15) is 61.3 Å². The summed E-state index contributed by atoms with van der Waals surface area (Å²) >= 11 is 0. The predicted octanol–water partition coefficient (Wildman–Crippen LogP) is -6.10. The summed E-state index contributed by atoms with van der Waals surface area (Å²) in [5.41, 5.74) is -1.83. The first-order valence-electron chi connectivity index (χ1n) is 17.5. The minimum absolute atomic E-state index is 0.606. The Morgan fingerprint density at radius 3 is 1.25 bits per heavy atom. The van der Waals surface area contributed by atoms with Crippen LogP contribution in [0.25, 0.3) is 0 Å². The largest absolute Gasteiger partial charge is 0.394 e. The van der Waals surface area contributed by atoms with Crippen LogP contribution in [0.15, 0.2) is 0 Å². The fraction of sp³-hybridized carbons (Fsp3) is 1.00. The van der Waals surface area contributed by atoms with Crippen molar-refractivity contribution in [2.75, 3.05) is 26.4 Å². The number of aliphatic hydroxyl groups excluding tert-OH is 12. The molecule has 0 saturated carbocycles. The fourth-order valence-corrected chi connectivity index (χ4v) is 6.39. The average molecular weight is 779 g/mol. The summed E-state index contributed by atoms with van der Waals surface area (Å²) in [5, 5.41) is 127. The van der Waals surface area contributed by atoms with Crippen LogP contribution in [0.2, 0.25) is 0 Å². The molecule has 0 radical (unpaired) electrons. The molecule has 4 heterocycles. The third-order valence-electron chi connectivity index (χ3n) is 9.10. The highest BCUT2D eigenvalue weighted by Crippen LogP contribution is 2.35. The molecule has 0 aromatic carbocycles.